The Kier molecular flexibility index (Phi) is 3.69. The highest BCUT2D eigenvalue weighted by Gasteiger charge is 2.23. The van der Waals surface area contributed by atoms with Crippen molar-refractivity contribution >= 4 is 22.7 Å². The van der Waals surface area contributed by atoms with Gasteiger partial charge < -0.3 is 9.72 Å². The Hall–Kier alpha value is -2.10. The summed E-state index contributed by atoms with van der Waals surface area (Å²) in [4.78, 5) is 26.8. The van der Waals surface area contributed by atoms with E-state index in [9.17, 15) is 9.59 Å². The Labute approximate surface area is 111 Å². The summed E-state index contributed by atoms with van der Waals surface area (Å²) in [6.07, 6.45) is -0.491. The number of aryl methyl sites for hydroxylation is 1. The highest BCUT2D eigenvalue weighted by atomic mass is 16.5. The van der Waals surface area contributed by atoms with Gasteiger partial charge in [0.25, 0.3) is 0 Å². The fourth-order valence-corrected chi connectivity index (χ4v) is 2.13. The van der Waals surface area contributed by atoms with Crippen LogP contribution in [-0.2, 0) is 9.53 Å². The van der Waals surface area contributed by atoms with Gasteiger partial charge in [-0.05, 0) is 19.9 Å². The summed E-state index contributed by atoms with van der Waals surface area (Å²) in [6.45, 7) is 5.16. The fourth-order valence-electron chi connectivity index (χ4n) is 2.13. The van der Waals surface area contributed by atoms with Crippen LogP contribution in [0.15, 0.2) is 24.3 Å². The number of ketones is 1. The molecule has 0 unspecified atom stereocenters. The van der Waals surface area contributed by atoms with Gasteiger partial charge in [-0.25, -0.2) is 0 Å². The number of rotatable bonds is 4. The van der Waals surface area contributed by atoms with E-state index in [0.29, 0.717) is 5.56 Å². The Bertz CT molecular complexity index is 627. The van der Waals surface area contributed by atoms with Crippen molar-refractivity contribution in [1.29, 1.82) is 0 Å². The van der Waals surface area contributed by atoms with Gasteiger partial charge in [0.1, 0.15) is 0 Å². The molecule has 4 nitrogen and oxygen atoms in total. The number of nitrogens with one attached hydrogen (secondary N) is 1. The normalized spacial score (nSPS) is 12.4. The van der Waals surface area contributed by atoms with Gasteiger partial charge in [0.2, 0.25) is 5.78 Å². The van der Waals surface area contributed by atoms with Crippen LogP contribution >= 0.6 is 0 Å². The lowest BCUT2D eigenvalue weighted by atomic mass is 10.0. The average molecular weight is 259 g/mol. The minimum absolute atomic E-state index is 0.170. The summed E-state index contributed by atoms with van der Waals surface area (Å²) < 4.78 is 5.09. The molecule has 0 spiro atoms. The number of carbonyl (C=O) groups excluding carboxylic acids is 2. The van der Waals surface area contributed by atoms with E-state index in [2.05, 4.69) is 4.98 Å². The molecule has 0 radical (unpaired) electrons. The Morgan fingerprint density at radius 3 is 2.68 bits per heavy atom. The summed E-state index contributed by atoms with van der Waals surface area (Å²) in [5.41, 5.74) is 2.31. The van der Waals surface area contributed by atoms with E-state index in [-0.39, 0.29) is 18.2 Å². The molecule has 0 fully saturated rings. The molecule has 0 amide bonds. The molecular formula is C15H17NO3. The summed E-state index contributed by atoms with van der Waals surface area (Å²) in [5.74, 6) is -0.532. The number of hydrogen-bond acceptors (Lipinski definition) is 3. The molecule has 0 saturated carbocycles. The minimum Gasteiger partial charge on any atom is -0.454 e. The molecule has 1 atom stereocenters. The van der Waals surface area contributed by atoms with Crippen molar-refractivity contribution in [3.05, 3.63) is 35.5 Å². The molecule has 1 N–H and O–H groups in total. The predicted molar refractivity (Wildman–Crippen MR) is 73.2 cm³/mol. The van der Waals surface area contributed by atoms with Gasteiger partial charge in [-0.1, -0.05) is 25.1 Å². The second-order valence-corrected chi connectivity index (χ2v) is 4.52. The summed E-state index contributed by atoms with van der Waals surface area (Å²) >= 11 is 0. The SMILES string of the molecule is CCC(=O)O[C@H](C)C(=O)c1c(C)[nH]c2ccccc12. The lowest BCUT2D eigenvalue weighted by molar-refractivity contribution is -0.145. The van der Waals surface area contributed by atoms with Gasteiger partial charge in [0.05, 0.1) is 0 Å². The highest BCUT2D eigenvalue weighted by Crippen LogP contribution is 2.23. The monoisotopic (exact) mass is 259 g/mol. The van der Waals surface area contributed by atoms with E-state index >= 15 is 0 Å². The molecule has 0 aliphatic rings. The lowest BCUT2D eigenvalue weighted by Gasteiger charge is -2.11. The maximum Gasteiger partial charge on any atom is 0.306 e. The van der Waals surface area contributed by atoms with Crippen molar-refractivity contribution in [2.45, 2.75) is 33.3 Å². The third kappa shape index (κ3) is 2.52. The van der Waals surface area contributed by atoms with Crippen LogP contribution in [0.2, 0.25) is 0 Å². The minimum atomic E-state index is -0.759. The lowest BCUT2D eigenvalue weighted by Crippen LogP contribution is -2.24. The van der Waals surface area contributed by atoms with Gasteiger partial charge in [0, 0.05) is 28.6 Å². The topological polar surface area (TPSA) is 59.2 Å². The molecule has 0 saturated heterocycles. The second-order valence-electron chi connectivity index (χ2n) is 4.52. The first-order valence-electron chi connectivity index (χ1n) is 6.35. The van der Waals surface area contributed by atoms with Gasteiger partial charge in [-0.3, -0.25) is 9.59 Å². The van der Waals surface area contributed by atoms with Gasteiger partial charge >= 0.3 is 5.97 Å². The number of para-hydroxylation sites is 1. The van der Waals surface area contributed by atoms with Crippen molar-refractivity contribution in [2.24, 2.45) is 0 Å². The number of H-pyrrole nitrogens is 1. The van der Waals surface area contributed by atoms with E-state index in [1.807, 2.05) is 31.2 Å². The first-order valence-corrected chi connectivity index (χ1v) is 6.35. The first kappa shape index (κ1) is 13.3. The van der Waals surface area contributed by atoms with Gasteiger partial charge in [0.15, 0.2) is 6.10 Å². The molecule has 100 valence electrons. The number of benzene rings is 1. The zero-order chi connectivity index (χ0) is 14.0. The van der Waals surface area contributed by atoms with E-state index in [1.54, 1.807) is 13.8 Å². The number of aromatic amines is 1. The van der Waals surface area contributed by atoms with Crippen LogP contribution in [0.3, 0.4) is 0 Å². The van der Waals surface area contributed by atoms with Crippen LogP contribution in [0, 0.1) is 6.92 Å². The second kappa shape index (κ2) is 5.26. The molecule has 1 aromatic heterocycles. The van der Waals surface area contributed by atoms with Crippen LogP contribution in [0.4, 0.5) is 0 Å². The Balaban J connectivity index is 2.36. The van der Waals surface area contributed by atoms with Crippen LogP contribution in [0.5, 0.6) is 0 Å². The summed E-state index contributed by atoms with van der Waals surface area (Å²) in [7, 11) is 0. The molecule has 2 aromatic rings. The molecule has 0 bridgehead atoms. The largest absolute Gasteiger partial charge is 0.454 e. The highest BCUT2D eigenvalue weighted by molar-refractivity contribution is 6.11. The Morgan fingerprint density at radius 2 is 2.00 bits per heavy atom. The molecule has 0 aliphatic heterocycles. The smallest absolute Gasteiger partial charge is 0.306 e. The molecule has 0 aliphatic carbocycles. The Morgan fingerprint density at radius 1 is 1.32 bits per heavy atom. The van der Waals surface area contributed by atoms with Crippen molar-refractivity contribution in [3.8, 4) is 0 Å². The standard InChI is InChI=1S/C15H17NO3/c1-4-13(17)19-10(3)15(18)14-9(2)16-12-8-6-5-7-11(12)14/h5-8,10,16H,4H2,1-3H3/t10-/m1/s1. The zero-order valence-electron chi connectivity index (χ0n) is 11.3. The van der Waals surface area contributed by atoms with Crippen molar-refractivity contribution in [2.75, 3.05) is 0 Å². The molecule has 2 rings (SSSR count). The van der Waals surface area contributed by atoms with Crippen molar-refractivity contribution < 1.29 is 14.3 Å². The number of aromatic nitrogens is 1. The molecule has 1 aromatic carbocycles. The van der Waals surface area contributed by atoms with Crippen LogP contribution in [0.1, 0.15) is 36.3 Å². The molecule has 19 heavy (non-hydrogen) atoms. The third-order valence-electron chi connectivity index (χ3n) is 3.11. The average Bonchev–Trinajstić information content (AvgIpc) is 2.73. The number of ether oxygens (including phenoxy) is 1. The molecule has 4 heteroatoms. The zero-order valence-corrected chi connectivity index (χ0v) is 11.3. The van der Waals surface area contributed by atoms with E-state index < -0.39 is 6.10 Å². The number of fused-ring (bicyclic) bond motifs is 1. The van der Waals surface area contributed by atoms with Crippen LogP contribution in [0.25, 0.3) is 10.9 Å². The summed E-state index contributed by atoms with van der Waals surface area (Å²) in [5, 5.41) is 0.865. The third-order valence-corrected chi connectivity index (χ3v) is 3.11. The van der Waals surface area contributed by atoms with Gasteiger partial charge in [-0.15, -0.1) is 0 Å². The van der Waals surface area contributed by atoms with E-state index in [0.717, 1.165) is 16.6 Å². The molecular weight excluding hydrogens is 242 g/mol. The molecule has 1 heterocycles. The number of hydrogen-bond donors (Lipinski definition) is 1. The quantitative estimate of drug-likeness (QED) is 0.678. The van der Waals surface area contributed by atoms with Crippen molar-refractivity contribution in [1.82, 2.24) is 4.98 Å². The van der Waals surface area contributed by atoms with Gasteiger partial charge in [-0.2, -0.15) is 0 Å². The number of esters is 1. The van der Waals surface area contributed by atoms with Crippen molar-refractivity contribution in [3.63, 3.8) is 0 Å². The summed E-state index contributed by atoms with van der Waals surface area (Å²) in [6, 6.07) is 7.60. The number of Topliss-reactive ketones (excluding diaryl/α,β-unsaturated/α-hetero) is 1. The maximum absolute atomic E-state index is 12.4. The van der Waals surface area contributed by atoms with Crippen LogP contribution < -0.4 is 0 Å². The maximum atomic E-state index is 12.4. The van der Waals surface area contributed by atoms with E-state index in [1.165, 1.54) is 0 Å². The predicted octanol–water partition coefficient (Wildman–Crippen LogP) is 3.00. The first-order chi connectivity index (χ1) is 9.04. The van der Waals surface area contributed by atoms with Crippen LogP contribution in [-0.4, -0.2) is 22.8 Å². The fraction of sp³-hybridized carbons (Fsp3) is 0.333. The van der Waals surface area contributed by atoms with E-state index in [4.69, 9.17) is 4.74 Å². The number of carbonyl (C=O) groups is 2.